The molecular weight excluding hydrogens is 232 g/mol. The van der Waals surface area contributed by atoms with Gasteiger partial charge in [0.25, 0.3) is 0 Å². The van der Waals surface area contributed by atoms with Gasteiger partial charge in [0.1, 0.15) is 5.41 Å². The average Bonchev–Trinajstić information content (AvgIpc) is 2.37. The molecule has 0 aromatic heterocycles. The number of ether oxygens (including phenoxy) is 1. The van der Waals surface area contributed by atoms with E-state index in [1.54, 1.807) is 30.3 Å². The third-order valence-corrected chi connectivity index (χ3v) is 3.30. The van der Waals surface area contributed by atoms with Crippen molar-refractivity contribution in [1.29, 1.82) is 0 Å². The van der Waals surface area contributed by atoms with Gasteiger partial charge < -0.3 is 9.84 Å². The lowest BCUT2D eigenvalue weighted by Gasteiger charge is -2.38. The van der Waals surface area contributed by atoms with E-state index in [4.69, 9.17) is 0 Å². The first kappa shape index (κ1) is 14.4. The summed E-state index contributed by atoms with van der Waals surface area (Å²) in [5, 5.41) is 10.7. The maximum absolute atomic E-state index is 11.9. The molecule has 0 aliphatic carbocycles. The predicted molar refractivity (Wildman–Crippen MR) is 66.8 cm³/mol. The fourth-order valence-corrected chi connectivity index (χ4v) is 2.09. The fourth-order valence-electron chi connectivity index (χ4n) is 2.09. The molecule has 4 nitrogen and oxygen atoms in total. The van der Waals surface area contributed by atoms with Gasteiger partial charge in [-0.1, -0.05) is 30.3 Å². The molecule has 1 rings (SSSR count). The van der Waals surface area contributed by atoms with E-state index in [2.05, 4.69) is 4.74 Å². The number of esters is 1. The highest BCUT2D eigenvalue weighted by Gasteiger charge is 2.54. The van der Waals surface area contributed by atoms with Gasteiger partial charge >= 0.3 is 5.97 Å². The number of Topliss-reactive ketones (excluding diaryl/α,β-unsaturated/α-hetero) is 1. The predicted octanol–water partition coefficient (Wildman–Crippen LogP) is 1.66. The van der Waals surface area contributed by atoms with Crippen molar-refractivity contribution in [1.82, 2.24) is 0 Å². The molecule has 1 aromatic rings. The van der Waals surface area contributed by atoms with Gasteiger partial charge in [-0.05, 0) is 26.3 Å². The van der Waals surface area contributed by atoms with Crippen molar-refractivity contribution in [3.05, 3.63) is 35.9 Å². The summed E-state index contributed by atoms with van der Waals surface area (Å²) in [6.45, 7) is 4.25. The first-order valence-electron chi connectivity index (χ1n) is 5.65. The summed E-state index contributed by atoms with van der Waals surface area (Å²) in [4.78, 5) is 23.7. The van der Waals surface area contributed by atoms with Crippen LogP contribution in [0.25, 0.3) is 0 Å². The topological polar surface area (TPSA) is 63.6 Å². The zero-order chi connectivity index (χ0) is 14.0. The van der Waals surface area contributed by atoms with Gasteiger partial charge in [0.15, 0.2) is 11.4 Å². The number of carbonyl (C=O) groups is 2. The lowest BCUT2D eigenvalue weighted by Crippen LogP contribution is -2.52. The first-order valence-corrected chi connectivity index (χ1v) is 5.65. The second-order valence-electron chi connectivity index (χ2n) is 4.75. The minimum Gasteiger partial charge on any atom is -0.469 e. The van der Waals surface area contributed by atoms with Gasteiger partial charge in [-0.3, -0.25) is 9.59 Å². The highest BCUT2D eigenvalue weighted by Crippen LogP contribution is 2.41. The van der Waals surface area contributed by atoms with Crippen LogP contribution in [0.5, 0.6) is 0 Å². The molecule has 1 unspecified atom stereocenters. The van der Waals surface area contributed by atoms with E-state index in [-0.39, 0.29) is 0 Å². The van der Waals surface area contributed by atoms with E-state index < -0.39 is 22.8 Å². The standard InChI is InChI=1S/C14H18O4/c1-10(15)14(17,11-8-6-5-7-9-11)13(2,3)12(16)18-4/h5-9,17H,1-4H3. The third-order valence-electron chi connectivity index (χ3n) is 3.30. The molecule has 1 aromatic carbocycles. The third kappa shape index (κ3) is 2.04. The van der Waals surface area contributed by atoms with Gasteiger partial charge in [-0.25, -0.2) is 0 Å². The number of aliphatic hydroxyl groups is 1. The second kappa shape index (κ2) is 4.90. The SMILES string of the molecule is COC(=O)C(C)(C)C(O)(C(C)=O)c1ccccc1. The molecule has 0 saturated heterocycles. The Bertz CT molecular complexity index is 450. The van der Waals surface area contributed by atoms with Crippen LogP contribution >= 0.6 is 0 Å². The number of carbonyl (C=O) groups excluding carboxylic acids is 2. The number of methoxy groups -OCH3 is 1. The van der Waals surface area contributed by atoms with Crippen LogP contribution in [0.4, 0.5) is 0 Å². The van der Waals surface area contributed by atoms with Crippen molar-refractivity contribution in [2.24, 2.45) is 5.41 Å². The zero-order valence-electron chi connectivity index (χ0n) is 11.1. The second-order valence-corrected chi connectivity index (χ2v) is 4.75. The highest BCUT2D eigenvalue weighted by molar-refractivity contribution is 5.93. The van der Waals surface area contributed by atoms with Crippen LogP contribution < -0.4 is 0 Å². The Morgan fingerprint density at radius 3 is 2.06 bits per heavy atom. The van der Waals surface area contributed by atoms with Crippen LogP contribution in [0, 0.1) is 5.41 Å². The molecule has 0 saturated carbocycles. The lowest BCUT2D eigenvalue weighted by atomic mass is 9.68. The van der Waals surface area contributed by atoms with Crippen LogP contribution in [0.1, 0.15) is 26.3 Å². The molecule has 0 bridgehead atoms. The Morgan fingerprint density at radius 2 is 1.67 bits per heavy atom. The molecule has 0 fully saturated rings. The Kier molecular flexibility index (Phi) is 3.92. The Balaban J connectivity index is 3.42. The van der Waals surface area contributed by atoms with Crippen molar-refractivity contribution in [3.8, 4) is 0 Å². The van der Waals surface area contributed by atoms with E-state index in [0.717, 1.165) is 0 Å². The number of hydrogen-bond acceptors (Lipinski definition) is 4. The summed E-state index contributed by atoms with van der Waals surface area (Å²) in [5.41, 5.74) is -2.89. The van der Waals surface area contributed by atoms with E-state index in [0.29, 0.717) is 5.56 Å². The average molecular weight is 250 g/mol. The lowest BCUT2D eigenvalue weighted by molar-refractivity contribution is -0.176. The summed E-state index contributed by atoms with van der Waals surface area (Å²) in [7, 11) is 1.23. The molecule has 0 amide bonds. The smallest absolute Gasteiger partial charge is 0.315 e. The summed E-state index contributed by atoms with van der Waals surface area (Å²) in [5.74, 6) is -1.13. The van der Waals surface area contributed by atoms with E-state index >= 15 is 0 Å². The quantitative estimate of drug-likeness (QED) is 0.825. The molecule has 0 aliphatic heterocycles. The molecule has 0 radical (unpaired) electrons. The van der Waals surface area contributed by atoms with Crippen LogP contribution in [-0.2, 0) is 19.9 Å². The molecule has 0 heterocycles. The molecule has 0 aliphatic rings. The summed E-state index contributed by atoms with van der Waals surface area (Å²) in [6.07, 6.45) is 0. The zero-order valence-corrected chi connectivity index (χ0v) is 11.1. The number of hydrogen-bond donors (Lipinski definition) is 1. The number of benzene rings is 1. The Hall–Kier alpha value is -1.68. The maximum Gasteiger partial charge on any atom is 0.315 e. The van der Waals surface area contributed by atoms with E-state index in [1.165, 1.54) is 27.9 Å². The summed E-state index contributed by atoms with van der Waals surface area (Å²) >= 11 is 0. The van der Waals surface area contributed by atoms with Crippen molar-refractivity contribution in [3.63, 3.8) is 0 Å². The molecule has 1 N–H and O–H groups in total. The van der Waals surface area contributed by atoms with E-state index in [1.807, 2.05) is 0 Å². The van der Waals surface area contributed by atoms with Gasteiger partial charge in [-0.15, -0.1) is 0 Å². The minimum atomic E-state index is -1.90. The van der Waals surface area contributed by atoms with Crippen LogP contribution in [0.2, 0.25) is 0 Å². The van der Waals surface area contributed by atoms with Crippen molar-refractivity contribution in [2.45, 2.75) is 26.4 Å². The van der Waals surface area contributed by atoms with Gasteiger partial charge in [0.05, 0.1) is 7.11 Å². The number of rotatable bonds is 4. The van der Waals surface area contributed by atoms with Gasteiger partial charge in [0, 0.05) is 0 Å². The molecule has 18 heavy (non-hydrogen) atoms. The highest BCUT2D eigenvalue weighted by atomic mass is 16.5. The minimum absolute atomic E-state index is 0.382. The van der Waals surface area contributed by atoms with E-state index in [9.17, 15) is 14.7 Å². The fraction of sp³-hybridized carbons (Fsp3) is 0.429. The summed E-state index contributed by atoms with van der Waals surface area (Å²) < 4.78 is 4.68. The Morgan fingerprint density at radius 1 is 1.17 bits per heavy atom. The molecular formula is C14H18O4. The van der Waals surface area contributed by atoms with Gasteiger partial charge in [-0.2, -0.15) is 0 Å². The normalized spacial score (nSPS) is 14.7. The molecule has 1 atom stereocenters. The van der Waals surface area contributed by atoms with Gasteiger partial charge in [0.2, 0.25) is 0 Å². The monoisotopic (exact) mass is 250 g/mol. The van der Waals surface area contributed by atoms with Crippen LogP contribution in [0.15, 0.2) is 30.3 Å². The molecule has 0 spiro atoms. The maximum atomic E-state index is 11.9. The Labute approximate surface area is 107 Å². The first-order chi connectivity index (χ1) is 8.28. The van der Waals surface area contributed by atoms with Crippen molar-refractivity contribution >= 4 is 11.8 Å². The van der Waals surface area contributed by atoms with Crippen LogP contribution in [-0.4, -0.2) is 24.0 Å². The van der Waals surface area contributed by atoms with Crippen molar-refractivity contribution < 1.29 is 19.4 Å². The van der Waals surface area contributed by atoms with Crippen molar-refractivity contribution in [2.75, 3.05) is 7.11 Å². The molecule has 98 valence electrons. The summed E-state index contributed by atoms with van der Waals surface area (Å²) in [6, 6.07) is 8.42. The number of ketones is 1. The molecule has 4 heteroatoms. The van der Waals surface area contributed by atoms with Crippen LogP contribution in [0.3, 0.4) is 0 Å². The largest absolute Gasteiger partial charge is 0.469 e.